The van der Waals surface area contributed by atoms with E-state index in [1.807, 2.05) is 0 Å². The van der Waals surface area contributed by atoms with Crippen LogP contribution in [-0.4, -0.2) is 65.1 Å². The van der Waals surface area contributed by atoms with E-state index in [2.05, 4.69) is 4.98 Å². The number of nitrogens with zero attached hydrogens (tertiary/aromatic N) is 3. The first-order chi connectivity index (χ1) is 15.6. The number of carbonyl (C=O) groups excluding carboxylic acids is 2. The number of hydrogen-bond donors (Lipinski definition) is 1. The number of halogens is 2. The SMILES string of the molecule is CN(C)C(Cc1c[nH]c2ccc(F)c([N+](=O)[O-])c12)C(=O)N(C)C(C=O)Cc1ccc(F)cc1. The smallest absolute Gasteiger partial charge is 0.314 e. The fourth-order valence-corrected chi connectivity index (χ4v) is 3.82. The standard InChI is InChI=1S/C23H24F2N4O4/c1-27(2)20(11-15-12-26-19-9-8-18(25)22(21(15)19)29(32)33)23(31)28(3)17(13-30)10-14-4-6-16(24)7-5-14/h4-9,12-13,17,20,26H,10-11H2,1-3H3. The summed E-state index contributed by atoms with van der Waals surface area (Å²) in [6.07, 6.45) is 2.44. The fraction of sp³-hybridized carbons (Fsp3) is 0.304. The van der Waals surface area contributed by atoms with Gasteiger partial charge in [-0.1, -0.05) is 12.1 Å². The average molecular weight is 458 g/mol. The average Bonchev–Trinajstić information content (AvgIpc) is 3.18. The van der Waals surface area contributed by atoms with Gasteiger partial charge < -0.3 is 14.7 Å². The van der Waals surface area contributed by atoms with E-state index in [1.54, 1.807) is 31.1 Å². The molecule has 10 heteroatoms. The van der Waals surface area contributed by atoms with Gasteiger partial charge in [0.05, 0.1) is 27.9 Å². The number of nitro benzene ring substituents is 1. The lowest BCUT2D eigenvalue weighted by molar-refractivity contribution is -0.385. The molecule has 2 atom stereocenters. The molecule has 0 spiro atoms. The predicted molar refractivity (Wildman–Crippen MR) is 119 cm³/mol. The largest absolute Gasteiger partial charge is 0.361 e. The Kier molecular flexibility index (Phi) is 7.17. The van der Waals surface area contributed by atoms with Gasteiger partial charge in [0.1, 0.15) is 12.1 Å². The van der Waals surface area contributed by atoms with E-state index in [4.69, 9.17) is 0 Å². The maximum Gasteiger partial charge on any atom is 0.314 e. The number of likely N-dealkylation sites (N-methyl/N-ethyl adjacent to an activating group) is 2. The van der Waals surface area contributed by atoms with Crippen LogP contribution in [0.4, 0.5) is 14.5 Å². The number of aldehydes is 1. The van der Waals surface area contributed by atoms with Crippen LogP contribution in [0.3, 0.4) is 0 Å². The Bertz CT molecular complexity index is 1180. The molecule has 0 fully saturated rings. The summed E-state index contributed by atoms with van der Waals surface area (Å²) < 4.78 is 27.4. The number of rotatable bonds is 9. The second-order valence-electron chi connectivity index (χ2n) is 8.06. The molecule has 0 saturated heterocycles. The zero-order valence-corrected chi connectivity index (χ0v) is 18.4. The molecule has 1 N–H and O–H groups in total. The Balaban J connectivity index is 1.89. The maximum absolute atomic E-state index is 14.2. The van der Waals surface area contributed by atoms with Crippen LogP contribution in [0.15, 0.2) is 42.6 Å². The molecule has 2 aromatic carbocycles. The number of aromatic nitrogens is 1. The quantitative estimate of drug-likeness (QED) is 0.302. The molecule has 33 heavy (non-hydrogen) atoms. The van der Waals surface area contributed by atoms with Crippen LogP contribution < -0.4 is 0 Å². The van der Waals surface area contributed by atoms with Crippen molar-refractivity contribution in [3.05, 3.63) is 75.5 Å². The summed E-state index contributed by atoms with van der Waals surface area (Å²) >= 11 is 0. The normalized spacial score (nSPS) is 13.2. The first-order valence-corrected chi connectivity index (χ1v) is 10.2. The van der Waals surface area contributed by atoms with Crippen molar-refractivity contribution in [1.82, 2.24) is 14.8 Å². The molecule has 8 nitrogen and oxygen atoms in total. The van der Waals surface area contributed by atoms with Gasteiger partial charge in [-0.3, -0.25) is 19.8 Å². The van der Waals surface area contributed by atoms with Crippen molar-refractivity contribution >= 4 is 28.8 Å². The summed E-state index contributed by atoms with van der Waals surface area (Å²) in [5, 5.41) is 11.6. The van der Waals surface area contributed by atoms with Crippen LogP contribution in [0.2, 0.25) is 0 Å². The minimum Gasteiger partial charge on any atom is -0.361 e. The second kappa shape index (κ2) is 9.86. The molecule has 1 aromatic heterocycles. The molecule has 3 rings (SSSR count). The first kappa shape index (κ1) is 24.0. The van der Waals surface area contributed by atoms with Crippen molar-refractivity contribution in [2.75, 3.05) is 21.1 Å². The monoisotopic (exact) mass is 458 g/mol. The summed E-state index contributed by atoms with van der Waals surface area (Å²) in [5.41, 5.74) is 0.845. The van der Waals surface area contributed by atoms with Crippen LogP contribution in [0.25, 0.3) is 10.9 Å². The Morgan fingerprint density at radius 1 is 1.12 bits per heavy atom. The zero-order valence-electron chi connectivity index (χ0n) is 18.4. The van der Waals surface area contributed by atoms with E-state index in [0.29, 0.717) is 22.9 Å². The second-order valence-corrected chi connectivity index (χ2v) is 8.06. The van der Waals surface area contributed by atoms with Gasteiger partial charge in [-0.25, -0.2) is 4.39 Å². The van der Waals surface area contributed by atoms with Crippen LogP contribution in [0, 0.1) is 21.7 Å². The highest BCUT2D eigenvalue weighted by molar-refractivity contribution is 5.93. The van der Waals surface area contributed by atoms with Crippen molar-refractivity contribution in [3.8, 4) is 0 Å². The molecule has 0 bridgehead atoms. The van der Waals surface area contributed by atoms with E-state index >= 15 is 0 Å². The van der Waals surface area contributed by atoms with Crippen molar-refractivity contribution in [2.24, 2.45) is 0 Å². The number of hydrogen-bond acceptors (Lipinski definition) is 5. The highest BCUT2D eigenvalue weighted by Gasteiger charge is 2.31. The molecular weight excluding hydrogens is 434 g/mol. The third kappa shape index (κ3) is 5.06. The Labute approximate surface area is 188 Å². The molecule has 1 amide bonds. The van der Waals surface area contributed by atoms with E-state index in [1.165, 1.54) is 36.3 Å². The summed E-state index contributed by atoms with van der Waals surface area (Å²) in [6, 6.07) is 6.53. The number of fused-ring (bicyclic) bond motifs is 1. The van der Waals surface area contributed by atoms with Crippen LogP contribution in [0.5, 0.6) is 0 Å². The lowest BCUT2D eigenvalue weighted by atomic mass is 10.0. The number of amides is 1. The van der Waals surface area contributed by atoms with Gasteiger partial charge in [0.15, 0.2) is 0 Å². The molecule has 0 saturated carbocycles. The fourth-order valence-electron chi connectivity index (χ4n) is 3.82. The third-order valence-corrected chi connectivity index (χ3v) is 5.72. The molecule has 0 radical (unpaired) electrons. The Morgan fingerprint density at radius 2 is 1.79 bits per heavy atom. The lowest BCUT2D eigenvalue weighted by Gasteiger charge is -2.31. The predicted octanol–water partition coefficient (Wildman–Crippen LogP) is 3.10. The minimum absolute atomic E-state index is 0.0581. The number of nitro groups is 1. The molecule has 174 valence electrons. The topological polar surface area (TPSA) is 99.6 Å². The van der Waals surface area contributed by atoms with Crippen LogP contribution >= 0.6 is 0 Å². The van der Waals surface area contributed by atoms with Gasteiger partial charge >= 0.3 is 5.69 Å². The van der Waals surface area contributed by atoms with Crippen LogP contribution in [0.1, 0.15) is 11.1 Å². The number of aromatic amines is 1. The maximum atomic E-state index is 14.2. The van der Waals surface area contributed by atoms with Crippen molar-refractivity contribution < 1.29 is 23.3 Å². The van der Waals surface area contributed by atoms with Crippen molar-refractivity contribution in [3.63, 3.8) is 0 Å². The van der Waals surface area contributed by atoms with E-state index in [0.717, 1.165) is 6.07 Å². The van der Waals surface area contributed by atoms with Gasteiger partial charge in [0.25, 0.3) is 0 Å². The highest BCUT2D eigenvalue weighted by atomic mass is 19.1. The highest BCUT2D eigenvalue weighted by Crippen LogP contribution is 2.32. The van der Waals surface area contributed by atoms with E-state index in [9.17, 15) is 28.5 Å². The number of benzene rings is 2. The molecule has 3 aromatic rings. The number of nitrogens with one attached hydrogen (secondary N) is 1. The van der Waals surface area contributed by atoms with Gasteiger partial charge in [-0.05, 0) is 62.3 Å². The zero-order chi connectivity index (χ0) is 24.3. The van der Waals surface area contributed by atoms with Crippen LogP contribution in [-0.2, 0) is 22.4 Å². The number of carbonyl (C=O) groups is 2. The lowest BCUT2D eigenvalue weighted by Crippen LogP contribution is -2.50. The molecule has 0 aliphatic carbocycles. The Morgan fingerprint density at radius 3 is 2.36 bits per heavy atom. The van der Waals surface area contributed by atoms with Crippen molar-refractivity contribution in [1.29, 1.82) is 0 Å². The van der Waals surface area contributed by atoms with Gasteiger partial charge in [-0.2, -0.15) is 4.39 Å². The van der Waals surface area contributed by atoms with Gasteiger partial charge in [0, 0.05) is 13.2 Å². The molecule has 0 aliphatic rings. The third-order valence-electron chi connectivity index (χ3n) is 5.72. The minimum atomic E-state index is -0.960. The summed E-state index contributed by atoms with van der Waals surface area (Å²) in [4.78, 5) is 41.6. The molecule has 0 aliphatic heterocycles. The number of H-pyrrole nitrogens is 1. The summed E-state index contributed by atoms with van der Waals surface area (Å²) in [7, 11) is 4.85. The molecule has 2 unspecified atom stereocenters. The Hall–Kier alpha value is -3.66. The van der Waals surface area contributed by atoms with Crippen molar-refractivity contribution in [2.45, 2.75) is 24.9 Å². The van der Waals surface area contributed by atoms with Gasteiger partial charge in [-0.15, -0.1) is 0 Å². The molecular formula is C23H24F2N4O4. The first-order valence-electron chi connectivity index (χ1n) is 10.2. The summed E-state index contributed by atoms with van der Waals surface area (Å²) in [6.45, 7) is 0. The van der Waals surface area contributed by atoms with E-state index < -0.39 is 34.3 Å². The summed E-state index contributed by atoms with van der Waals surface area (Å²) in [5.74, 6) is -1.74. The molecule has 1 heterocycles. The van der Waals surface area contributed by atoms with E-state index in [-0.39, 0.29) is 24.1 Å². The van der Waals surface area contributed by atoms with Gasteiger partial charge in [0.2, 0.25) is 11.7 Å².